The van der Waals surface area contributed by atoms with Crippen LogP contribution >= 0.6 is 0 Å². The van der Waals surface area contributed by atoms with Crippen LogP contribution in [0, 0.1) is 0 Å². The zero-order valence-corrected chi connectivity index (χ0v) is 15.1. The second-order valence-electron chi connectivity index (χ2n) is 5.99. The minimum Gasteiger partial charge on any atom is -0.497 e. The van der Waals surface area contributed by atoms with Crippen molar-refractivity contribution in [2.45, 2.75) is 0 Å². The molecule has 0 saturated carbocycles. The molecule has 0 atom stereocenters. The summed E-state index contributed by atoms with van der Waals surface area (Å²) in [7, 11) is 3.20. The lowest BCUT2D eigenvalue weighted by Gasteiger charge is -2.28. The fraction of sp³-hybridized carbons (Fsp3) is 0.286. The average molecular weight is 353 g/mol. The lowest BCUT2D eigenvalue weighted by Crippen LogP contribution is -2.36. The molecule has 1 saturated heterocycles. The van der Waals surface area contributed by atoms with Crippen molar-refractivity contribution in [2.24, 2.45) is 0 Å². The Morgan fingerprint density at radius 3 is 2.19 bits per heavy atom. The highest BCUT2D eigenvalue weighted by atomic mass is 16.5. The van der Waals surface area contributed by atoms with Gasteiger partial charge in [0.25, 0.3) is 0 Å². The molecule has 0 bridgehead atoms. The molecule has 2 aromatic rings. The summed E-state index contributed by atoms with van der Waals surface area (Å²) in [5, 5.41) is 0. The Kier molecular flexibility index (Phi) is 5.92. The van der Waals surface area contributed by atoms with Crippen LogP contribution < -0.4 is 14.4 Å². The third-order valence-electron chi connectivity index (χ3n) is 4.33. The maximum atomic E-state index is 12.4. The van der Waals surface area contributed by atoms with Crippen molar-refractivity contribution < 1.29 is 19.0 Å². The Balaban J connectivity index is 1.70. The number of carbonyl (C=O) groups excluding carboxylic acids is 1. The van der Waals surface area contributed by atoms with Crippen molar-refractivity contribution in [3.63, 3.8) is 0 Å². The van der Waals surface area contributed by atoms with Crippen molar-refractivity contribution in [1.29, 1.82) is 0 Å². The number of allylic oxidation sites excluding steroid dienone is 1. The molecule has 136 valence electrons. The third-order valence-corrected chi connectivity index (χ3v) is 4.33. The van der Waals surface area contributed by atoms with Gasteiger partial charge in [-0.2, -0.15) is 0 Å². The van der Waals surface area contributed by atoms with Gasteiger partial charge in [-0.05, 0) is 48.0 Å². The van der Waals surface area contributed by atoms with E-state index >= 15 is 0 Å². The van der Waals surface area contributed by atoms with Gasteiger partial charge in [-0.15, -0.1) is 0 Å². The van der Waals surface area contributed by atoms with Gasteiger partial charge >= 0.3 is 0 Å². The largest absolute Gasteiger partial charge is 0.497 e. The van der Waals surface area contributed by atoms with E-state index in [1.807, 2.05) is 36.4 Å². The van der Waals surface area contributed by atoms with Gasteiger partial charge in [0.2, 0.25) is 0 Å². The van der Waals surface area contributed by atoms with Crippen LogP contribution in [0.5, 0.6) is 11.5 Å². The zero-order chi connectivity index (χ0) is 18.4. The first-order valence-corrected chi connectivity index (χ1v) is 8.58. The van der Waals surface area contributed by atoms with Gasteiger partial charge in [0, 0.05) is 30.4 Å². The highest BCUT2D eigenvalue weighted by molar-refractivity contribution is 6.07. The van der Waals surface area contributed by atoms with Crippen LogP contribution in [-0.2, 0) is 4.74 Å². The van der Waals surface area contributed by atoms with Gasteiger partial charge in [0.1, 0.15) is 11.5 Å². The third kappa shape index (κ3) is 4.43. The number of anilines is 1. The SMILES string of the molecule is COc1cc(/C=C/C(=O)c2ccc(N3CCOCC3)cc2)cc(OC)c1. The van der Waals surface area contributed by atoms with Crippen LogP contribution in [0.3, 0.4) is 0 Å². The summed E-state index contributed by atoms with van der Waals surface area (Å²) in [5.74, 6) is 1.33. The van der Waals surface area contributed by atoms with Crippen molar-refractivity contribution in [1.82, 2.24) is 0 Å². The molecule has 0 radical (unpaired) electrons. The molecule has 2 aromatic carbocycles. The highest BCUT2D eigenvalue weighted by Crippen LogP contribution is 2.23. The first kappa shape index (κ1) is 18.0. The molecule has 5 heteroatoms. The summed E-state index contributed by atoms with van der Waals surface area (Å²) in [6, 6.07) is 13.2. The van der Waals surface area contributed by atoms with Gasteiger partial charge in [-0.3, -0.25) is 4.79 Å². The number of carbonyl (C=O) groups is 1. The van der Waals surface area contributed by atoms with E-state index in [1.54, 1.807) is 32.4 Å². The predicted octanol–water partition coefficient (Wildman–Crippen LogP) is 3.44. The Bertz CT molecular complexity index is 755. The van der Waals surface area contributed by atoms with Gasteiger partial charge in [-0.1, -0.05) is 6.08 Å². The Hall–Kier alpha value is -2.79. The topological polar surface area (TPSA) is 48.0 Å². The van der Waals surface area contributed by atoms with Crippen molar-refractivity contribution in [3.8, 4) is 11.5 Å². The maximum absolute atomic E-state index is 12.4. The first-order chi connectivity index (χ1) is 12.7. The summed E-state index contributed by atoms with van der Waals surface area (Å²) < 4.78 is 15.9. The number of rotatable bonds is 6. The monoisotopic (exact) mass is 353 g/mol. The van der Waals surface area contributed by atoms with E-state index in [0.29, 0.717) is 17.1 Å². The quantitative estimate of drug-likeness (QED) is 0.588. The molecule has 0 unspecified atom stereocenters. The van der Waals surface area contributed by atoms with E-state index in [0.717, 1.165) is 37.6 Å². The van der Waals surface area contributed by atoms with Crippen LogP contribution in [0.15, 0.2) is 48.5 Å². The molecule has 26 heavy (non-hydrogen) atoms. The van der Waals surface area contributed by atoms with Crippen LogP contribution in [-0.4, -0.2) is 46.3 Å². The average Bonchev–Trinajstić information content (AvgIpc) is 2.72. The number of methoxy groups -OCH3 is 2. The van der Waals surface area contributed by atoms with Crippen LogP contribution in [0.4, 0.5) is 5.69 Å². The number of hydrogen-bond donors (Lipinski definition) is 0. The zero-order valence-electron chi connectivity index (χ0n) is 15.1. The molecular formula is C21H23NO4. The van der Waals surface area contributed by atoms with E-state index in [1.165, 1.54) is 0 Å². The lowest BCUT2D eigenvalue weighted by molar-refractivity contribution is 0.104. The lowest BCUT2D eigenvalue weighted by atomic mass is 10.1. The summed E-state index contributed by atoms with van der Waals surface area (Å²) in [6.45, 7) is 3.25. The van der Waals surface area contributed by atoms with Crippen molar-refractivity contribution in [2.75, 3.05) is 45.4 Å². The van der Waals surface area contributed by atoms with Gasteiger partial charge in [0.05, 0.1) is 27.4 Å². The molecule has 0 amide bonds. The second kappa shape index (κ2) is 8.54. The predicted molar refractivity (Wildman–Crippen MR) is 102 cm³/mol. The summed E-state index contributed by atoms with van der Waals surface area (Å²) >= 11 is 0. The van der Waals surface area contributed by atoms with Gasteiger partial charge in [0.15, 0.2) is 5.78 Å². The number of hydrogen-bond acceptors (Lipinski definition) is 5. The standard InChI is InChI=1S/C21H23NO4/c1-24-19-13-16(14-20(15-19)25-2)3-8-21(23)17-4-6-18(7-5-17)22-9-11-26-12-10-22/h3-8,13-15H,9-12H2,1-2H3/b8-3+. The Labute approximate surface area is 153 Å². The van der Waals surface area contributed by atoms with Crippen LogP contribution in [0.2, 0.25) is 0 Å². The fourth-order valence-electron chi connectivity index (χ4n) is 2.85. The summed E-state index contributed by atoms with van der Waals surface area (Å²) in [6.07, 6.45) is 3.33. The molecule has 0 spiro atoms. The molecular weight excluding hydrogens is 330 g/mol. The fourth-order valence-corrected chi connectivity index (χ4v) is 2.85. The Morgan fingerprint density at radius 2 is 1.62 bits per heavy atom. The number of nitrogens with zero attached hydrogens (tertiary/aromatic N) is 1. The van der Waals surface area contributed by atoms with Crippen LogP contribution in [0.25, 0.3) is 6.08 Å². The molecule has 1 aliphatic rings. The van der Waals surface area contributed by atoms with Gasteiger partial charge < -0.3 is 19.1 Å². The van der Waals surface area contributed by atoms with Crippen LogP contribution in [0.1, 0.15) is 15.9 Å². The summed E-state index contributed by atoms with van der Waals surface area (Å²) in [4.78, 5) is 14.7. The molecule has 5 nitrogen and oxygen atoms in total. The molecule has 1 fully saturated rings. The number of morpholine rings is 1. The highest BCUT2D eigenvalue weighted by Gasteiger charge is 2.11. The van der Waals surface area contributed by atoms with E-state index in [4.69, 9.17) is 14.2 Å². The molecule has 1 aliphatic heterocycles. The van der Waals surface area contributed by atoms with E-state index in [9.17, 15) is 4.79 Å². The summed E-state index contributed by atoms with van der Waals surface area (Å²) in [5.41, 5.74) is 2.62. The maximum Gasteiger partial charge on any atom is 0.185 e. The van der Waals surface area contributed by atoms with Crippen molar-refractivity contribution in [3.05, 3.63) is 59.7 Å². The molecule has 3 rings (SSSR count). The number of ketones is 1. The molecule has 0 aromatic heterocycles. The number of ether oxygens (including phenoxy) is 3. The first-order valence-electron chi connectivity index (χ1n) is 8.58. The van der Waals surface area contributed by atoms with Gasteiger partial charge in [-0.25, -0.2) is 0 Å². The normalized spacial score (nSPS) is 14.5. The molecule has 0 aliphatic carbocycles. The molecule has 1 heterocycles. The van der Waals surface area contributed by atoms with E-state index in [2.05, 4.69) is 4.90 Å². The smallest absolute Gasteiger partial charge is 0.185 e. The Morgan fingerprint density at radius 1 is 1.00 bits per heavy atom. The number of benzene rings is 2. The van der Waals surface area contributed by atoms with E-state index < -0.39 is 0 Å². The minimum atomic E-state index is -0.0414. The minimum absolute atomic E-state index is 0.0414. The van der Waals surface area contributed by atoms with Crippen molar-refractivity contribution >= 4 is 17.5 Å². The molecule has 0 N–H and O–H groups in total. The second-order valence-corrected chi connectivity index (χ2v) is 5.99. The van der Waals surface area contributed by atoms with E-state index in [-0.39, 0.29) is 5.78 Å².